The van der Waals surface area contributed by atoms with Gasteiger partial charge in [0.2, 0.25) is 0 Å². The molecule has 9 nitrogen and oxygen atoms in total. The standard InChI is InChI=1S/C28H30F3N7O2/c1-18-21(15-35-38(18)24-8-5-19(13-34-24)28(29,30)31)25(40)36-20-6-7-22(33-14-20)27(17-32)9-11-37(12-10-27)16-23(39)26(2,3)4/h5-8,13-15H,9-12,16H2,1-4H3,(H,36,40). The maximum absolute atomic E-state index is 12.9. The highest BCUT2D eigenvalue weighted by Gasteiger charge is 2.39. The number of carbonyl (C=O) groups is 2. The van der Waals surface area contributed by atoms with Gasteiger partial charge in [-0.2, -0.15) is 23.5 Å². The number of nitriles is 1. The van der Waals surface area contributed by atoms with Crippen molar-refractivity contribution in [1.29, 1.82) is 5.26 Å². The molecule has 210 valence electrons. The fourth-order valence-corrected chi connectivity index (χ4v) is 4.45. The number of likely N-dealkylation sites (tertiary alicyclic amines) is 1. The number of nitrogens with zero attached hydrogens (tertiary/aromatic N) is 6. The number of piperidine rings is 1. The van der Waals surface area contributed by atoms with E-state index in [0.717, 1.165) is 6.07 Å². The summed E-state index contributed by atoms with van der Waals surface area (Å²) in [5, 5.41) is 16.9. The lowest BCUT2D eigenvalue weighted by molar-refractivity contribution is -0.137. The van der Waals surface area contributed by atoms with E-state index in [9.17, 15) is 28.0 Å². The summed E-state index contributed by atoms with van der Waals surface area (Å²) in [4.78, 5) is 35.7. The lowest BCUT2D eigenvalue weighted by atomic mass is 9.76. The first-order valence-corrected chi connectivity index (χ1v) is 12.8. The third-order valence-corrected chi connectivity index (χ3v) is 7.19. The zero-order valence-electron chi connectivity index (χ0n) is 22.7. The first-order valence-electron chi connectivity index (χ1n) is 12.8. The van der Waals surface area contributed by atoms with E-state index in [-0.39, 0.29) is 17.2 Å². The molecule has 3 aromatic rings. The van der Waals surface area contributed by atoms with E-state index in [0.29, 0.717) is 55.7 Å². The fraction of sp³-hybridized carbons (Fsp3) is 0.429. The number of amides is 1. The predicted octanol–water partition coefficient (Wildman–Crippen LogP) is 4.71. The number of ketones is 1. The number of alkyl halides is 3. The minimum Gasteiger partial charge on any atom is -0.320 e. The molecule has 1 aliphatic rings. The number of nitrogens with one attached hydrogen (secondary N) is 1. The van der Waals surface area contributed by atoms with Crippen molar-refractivity contribution in [3.8, 4) is 11.9 Å². The van der Waals surface area contributed by atoms with Gasteiger partial charge >= 0.3 is 6.18 Å². The Morgan fingerprint density at radius 1 is 1.05 bits per heavy atom. The third-order valence-electron chi connectivity index (χ3n) is 7.19. The van der Waals surface area contributed by atoms with Crippen LogP contribution in [0.1, 0.15) is 60.9 Å². The Kier molecular flexibility index (Phi) is 7.81. The molecule has 1 amide bonds. The fourth-order valence-electron chi connectivity index (χ4n) is 4.45. The summed E-state index contributed by atoms with van der Waals surface area (Å²) in [5.41, 5.74) is -0.444. The van der Waals surface area contributed by atoms with Crippen molar-refractivity contribution in [2.24, 2.45) is 5.41 Å². The molecule has 4 heterocycles. The van der Waals surface area contributed by atoms with Crippen molar-refractivity contribution >= 4 is 17.4 Å². The minimum absolute atomic E-state index is 0.145. The van der Waals surface area contributed by atoms with E-state index >= 15 is 0 Å². The van der Waals surface area contributed by atoms with Gasteiger partial charge in [-0.1, -0.05) is 20.8 Å². The van der Waals surface area contributed by atoms with Crippen molar-refractivity contribution in [2.45, 2.75) is 52.1 Å². The van der Waals surface area contributed by atoms with Gasteiger partial charge < -0.3 is 5.32 Å². The molecule has 1 saturated heterocycles. The Morgan fingerprint density at radius 2 is 1.75 bits per heavy atom. The van der Waals surface area contributed by atoms with Gasteiger partial charge in [-0.3, -0.25) is 19.5 Å². The number of Topliss-reactive ketones (excluding diaryl/α,β-unsaturated/α-hetero) is 1. The Balaban J connectivity index is 1.41. The Labute approximate surface area is 230 Å². The van der Waals surface area contributed by atoms with Gasteiger partial charge in [0.15, 0.2) is 11.6 Å². The molecule has 0 saturated carbocycles. The van der Waals surface area contributed by atoms with Crippen LogP contribution in [-0.4, -0.2) is 56.0 Å². The molecule has 1 aliphatic heterocycles. The summed E-state index contributed by atoms with van der Waals surface area (Å²) in [5.74, 6) is -0.171. The van der Waals surface area contributed by atoms with Crippen molar-refractivity contribution in [1.82, 2.24) is 24.6 Å². The van der Waals surface area contributed by atoms with Crippen molar-refractivity contribution < 1.29 is 22.8 Å². The van der Waals surface area contributed by atoms with Crippen LogP contribution in [0.4, 0.5) is 18.9 Å². The molecule has 0 aromatic carbocycles. The summed E-state index contributed by atoms with van der Waals surface area (Å²) in [7, 11) is 0. The quantitative estimate of drug-likeness (QED) is 0.470. The maximum atomic E-state index is 12.9. The van der Waals surface area contributed by atoms with Crippen LogP contribution in [0.2, 0.25) is 0 Å². The van der Waals surface area contributed by atoms with Crippen molar-refractivity contribution in [3.05, 3.63) is 65.4 Å². The Bertz CT molecular complexity index is 1430. The topological polar surface area (TPSA) is 117 Å². The van der Waals surface area contributed by atoms with E-state index in [1.54, 1.807) is 19.1 Å². The highest BCUT2D eigenvalue weighted by molar-refractivity contribution is 6.04. The van der Waals surface area contributed by atoms with Crippen LogP contribution < -0.4 is 5.32 Å². The molecule has 0 bridgehead atoms. The number of aromatic nitrogens is 4. The molecule has 12 heteroatoms. The van der Waals surface area contributed by atoms with Crippen LogP contribution in [0.25, 0.3) is 5.82 Å². The molecule has 0 aliphatic carbocycles. The van der Waals surface area contributed by atoms with Gasteiger partial charge in [0.25, 0.3) is 5.91 Å². The van der Waals surface area contributed by atoms with Crippen LogP contribution in [0.5, 0.6) is 0 Å². The molecule has 0 radical (unpaired) electrons. The summed E-state index contributed by atoms with van der Waals surface area (Å²) in [6.07, 6.45) is 0.0857. The van der Waals surface area contributed by atoms with Gasteiger partial charge in [0.05, 0.1) is 53.2 Å². The first kappa shape index (κ1) is 28.9. The lowest BCUT2D eigenvalue weighted by Gasteiger charge is -2.37. The van der Waals surface area contributed by atoms with Crippen molar-refractivity contribution in [2.75, 3.05) is 25.0 Å². The molecule has 1 fully saturated rings. The SMILES string of the molecule is Cc1c(C(=O)Nc2ccc(C3(C#N)CCN(CC(=O)C(C)(C)C)CC3)nc2)cnn1-c1ccc(C(F)(F)F)cn1. The zero-order valence-corrected chi connectivity index (χ0v) is 22.7. The van der Waals surface area contributed by atoms with Gasteiger partial charge in [0, 0.05) is 24.7 Å². The van der Waals surface area contributed by atoms with E-state index in [2.05, 4.69) is 31.4 Å². The smallest absolute Gasteiger partial charge is 0.320 e. The maximum Gasteiger partial charge on any atom is 0.417 e. The number of halogens is 3. The van der Waals surface area contributed by atoms with Gasteiger partial charge in [0.1, 0.15) is 5.41 Å². The van der Waals surface area contributed by atoms with E-state index in [1.807, 2.05) is 20.8 Å². The average molecular weight is 554 g/mol. The number of hydrogen-bond acceptors (Lipinski definition) is 7. The minimum atomic E-state index is -4.50. The summed E-state index contributed by atoms with van der Waals surface area (Å²) < 4.78 is 39.8. The van der Waals surface area contributed by atoms with Gasteiger partial charge in [-0.05, 0) is 44.0 Å². The normalized spacial score (nSPS) is 15.8. The third kappa shape index (κ3) is 6.04. The van der Waals surface area contributed by atoms with Crippen LogP contribution >= 0.6 is 0 Å². The van der Waals surface area contributed by atoms with Gasteiger partial charge in [-0.25, -0.2) is 9.67 Å². The van der Waals surface area contributed by atoms with E-state index in [1.165, 1.54) is 23.1 Å². The zero-order chi connectivity index (χ0) is 29.3. The second-order valence-electron chi connectivity index (χ2n) is 11.0. The highest BCUT2D eigenvalue weighted by atomic mass is 19.4. The molecule has 1 N–H and O–H groups in total. The molecule has 0 spiro atoms. The molecule has 0 atom stereocenters. The number of rotatable bonds is 6. The molecule has 3 aromatic heterocycles. The van der Waals surface area contributed by atoms with Crippen molar-refractivity contribution in [3.63, 3.8) is 0 Å². The molecule has 40 heavy (non-hydrogen) atoms. The summed E-state index contributed by atoms with van der Waals surface area (Å²) in [6, 6.07) is 7.90. The highest BCUT2D eigenvalue weighted by Crippen LogP contribution is 2.34. The van der Waals surface area contributed by atoms with E-state index in [4.69, 9.17) is 0 Å². The number of anilines is 1. The van der Waals surface area contributed by atoms with Crippen LogP contribution in [0.15, 0.2) is 42.9 Å². The average Bonchev–Trinajstić information content (AvgIpc) is 3.30. The molecular weight excluding hydrogens is 523 g/mol. The monoisotopic (exact) mass is 553 g/mol. The van der Waals surface area contributed by atoms with Gasteiger partial charge in [-0.15, -0.1) is 0 Å². The first-order chi connectivity index (χ1) is 18.7. The number of hydrogen-bond donors (Lipinski definition) is 1. The molecular formula is C28H30F3N7O2. The summed E-state index contributed by atoms with van der Waals surface area (Å²) in [6.45, 7) is 8.86. The lowest BCUT2D eigenvalue weighted by Crippen LogP contribution is -2.45. The number of carbonyl (C=O) groups excluding carboxylic acids is 2. The van der Waals surface area contributed by atoms with Crippen LogP contribution in [0, 0.1) is 23.7 Å². The van der Waals surface area contributed by atoms with E-state index < -0.39 is 28.5 Å². The Hall–Kier alpha value is -4.11. The second kappa shape index (κ2) is 10.8. The molecule has 4 rings (SSSR count). The second-order valence-corrected chi connectivity index (χ2v) is 11.0. The van der Waals surface area contributed by atoms with Crippen LogP contribution in [-0.2, 0) is 16.4 Å². The molecule has 0 unspecified atom stereocenters. The van der Waals surface area contributed by atoms with Crippen LogP contribution in [0.3, 0.4) is 0 Å². The number of pyridine rings is 2. The Morgan fingerprint density at radius 3 is 2.27 bits per heavy atom. The summed E-state index contributed by atoms with van der Waals surface area (Å²) >= 11 is 0. The predicted molar refractivity (Wildman–Crippen MR) is 141 cm³/mol. The largest absolute Gasteiger partial charge is 0.417 e.